The van der Waals surface area contributed by atoms with Crippen molar-refractivity contribution >= 4 is 0 Å². The Labute approximate surface area is 198 Å². The highest BCUT2D eigenvalue weighted by Gasteiger charge is 2.58. The van der Waals surface area contributed by atoms with Crippen LogP contribution in [0.1, 0.15) is 113 Å². The van der Waals surface area contributed by atoms with Crippen LogP contribution in [0, 0.1) is 51.2 Å². The molecule has 0 saturated heterocycles. The second kappa shape index (κ2) is 8.11. The summed E-state index contributed by atoms with van der Waals surface area (Å²) in [5.41, 5.74) is 2.31. The molecule has 4 aliphatic carbocycles. The van der Waals surface area contributed by atoms with Gasteiger partial charge in [-0.15, -0.1) is 0 Å². The minimum atomic E-state index is -0.165. The molecular formula is C30H52O2. The molecule has 2 heteroatoms. The van der Waals surface area contributed by atoms with Gasteiger partial charge < -0.3 is 10.2 Å². The summed E-state index contributed by atoms with van der Waals surface area (Å²) in [7, 11) is 0. The fourth-order valence-electron chi connectivity index (χ4n) is 10.1. The summed E-state index contributed by atoms with van der Waals surface area (Å²) in [4.78, 5) is 0. The zero-order chi connectivity index (χ0) is 23.7. The van der Waals surface area contributed by atoms with Crippen LogP contribution >= 0.6 is 0 Å². The lowest BCUT2D eigenvalue weighted by Gasteiger charge is -2.61. The zero-order valence-corrected chi connectivity index (χ0v) is 22.4. The average Bonchev–Trinajstić information content (AvgIpc) is 2.69. The van der Waals surface area contributed by atoms with Gasteiger partial charge >= 0.3 is 0 Å². The molecule has 3 fully saturated rings. The SMILES string of the molecule is CC1=CCC2C(C)(C)C(O)CCC2(C)C1CCC1C(C)CCC2C(C)(C)C(O)CCC12C. The summed E-state index contributed by atoms with van der Waals surface area (Å²) in [6, 6.07) is 0. The van der Waals surface area contributed by atoms with E-state index in [9.17, 15) is 10.2 Å². The molecule has 2 N–H and O–H groups in total. The van der Waals surface area contributed by atoms with Crippen molar-refractivity contribution in [2.75, 3.05) is 0 Å². The average molecular weight is 445 g/mol. The van der Waals surface area contributed by atoms with Gasteiger partial charge in [0.2, 0.25) is 0 Å². The number of allylic oxidation sites excluding steroid dienone is 2. The molecule has 4 rings (SSSR count). The predicted octanol–water partition coefficient (Wildman–Crippen LogP) is 7.39. The van der Waals surface area contributed by atoms with Gasteiger partial charge in [-0.25, -0.2) is 0 Å². The van der Waals surface area contributed by atoms with Gasteiger partial charge in [-0.3, -0.25) is 0 Å². The third-order valence-electron chi connectivity index (χ3n) is 12.3. The van der Waals surface area contributed by atoms with Crippen molar-refractivity contribution in [3.63, 3.8) is 0 Å². The minimum Gasteiger partial charge on any atom is -0.393 e. The van der Waals surface area contributed by atoms with Gasteiger partial charge in [-0.1, -0.05) is 66.5 Å². The molecule has 0 aromatic carbocycles. The molecule has 3 saturated carbocycles. The van der Waals surface area contributed by atoms with Crippen LogP contribution in [-0.4, -0.2) is 22.4 Å². The van der Waals surface area contributed by atoms with Crippen LogP contribution in [0.4, 0.5) is 0 Å². The van der Waals surface area contributed by atoms with E-state index in [-0.39, 0.29) is 23.0 Å². The first-order valence-electron chi connectivity index (χ1n) is 13.8. The number of fused-ring (bicyclic) bond motifs is 2. The lowest BCUT2D eigenvalue weighted by molar-refractivity contribution is -0.152. The summed E-state index contributed by atoms with van der Waals surface area (Å²) < 4.78 is 0. The predicted molar refractivity (Wildman–Crippen MR) is 134 cm³/mol. The maximum absolute atomic E-state index is 10.8. The Kier molecular flexibility index (Phi) is 6.28. The summed E-state index contributed by atoms with van der Waals surface area (Å²) in [5.74, 6) is 3.39. The van der Waals surface area contributed by atoms with Gasteiger partial charge in [0.1, 0.15) is 0 Å². The van der Waals surface area contributed by atoms with Crippen LogP contribution in [-0.2, 0) is 0 Å². The van der Waals surface area contributed by atoms with Crippen molar-refractivity contribution in [3.05, 3.63) is 11.6 Å². The minimum absolute atomic E-state index is 0.00118. The largest absolute Gasteiger partial charge is 0.393 e. The van der Waals surface area contributed by atoms with Crippen molar-refractivity contribution in [1.29, 1.82) is 0 Å². The zero-order valence-electron chi connectivity index (χ0n) is 22.4. The normalized spacial score (nSPS) is 50.2. The molecule has 32 heavy (non-hydrogen) atoms. The van der Waals surface area contributed by atoms with E-state index in [0.29, 0.717) is 28.6 Å². The molecule has 0 heterocycles. The van der Waals surface area contributed by atoms with Crippen LogP contribution in [0.2, 0.25) is 0 Å². The molecule has 0 radical (unpaired) electrons. The molecule has 4 aliphatic rings. The molecule has 0 amide bonds. The van der Waals surface area contributed by atoms with Gasteiger partial charge in [0.25, 0.3) is 0 Å². The van der Waals surface area contributed by atoms with Gasteiger partial charge in [0.15, 0.2) is 0 Å². The highest BCUT2D eigenvalue weighted by Crippen LogP contribution is 2.64. The van der Waals surface area contributed by atoms with E-state index in [1.54, 1.807) is 5.57 Å². The Bertz CT molecular complexity index is 735. The third kappa shape index (κ3) is 3.57. The smallest absolute Gasteiger partial charge is 0.0594 e. The molecule has 0 aliphatic heterocycles. The van der Waals surface area contributed by atoms with Gasteiger partial charge in [-0.2, -0.15) is 0 Å². The summed E-state index contributed by atoms with van der Waals surface area (Å²) >= 11 is 0. The molecule has 9 atom stereocenters. The van der Waals surface area contributed by atoms with Crippen LogP contribution in [0.15, 0.2) is 11.6 Å². The Morgan fingerprint density at radius 1 is 0.781 bits per heavy atom. The fraction of sp³-hybridized carbons (Fsp3) is 0.933. The molecule has 0 aromatic rings. The maximum Gasteiger partial charge on any atom is 0.0594 e. The van der Waals surface area contributed by atoms with E-state index in [0.717, 1.165) is 37.5 Å². The van der Waals surface area contributed by atoms with Crippen molar-refractivity contribution in [1.82, 2.24) is 0 Å². The van der Waals surface area contributed by atoms with Crippen LogP contribution < -0.4 is 0 Å². The van der Waals surface area contributed by atoms with Gasteiger partial charge in [0.05, 0.1) is 12.2 Å². The van der Waals surface area contributed by atoms with Gasteiger partial charge in [0, 0.05) is 0 Å². The molecule has 0 aromatic heterocycles. The van der Waals surface area contributed by atoms with Crippen molar-refractivity contribution in [3.8, 4) is 0 Å². The van der Waals surface area contributed by atoms with Crippen LogP contribution in [0.25, 0.3) is 0 Å². The monoisotopic (exact) mass is 444 g/mol. The van der Waals surface area contributed by atoms with E-state index >= 15 is 0 Å². The molecule has 0 spiro atoms. The number of rotatable bonds is 3. The summed E-state index contributed by atoms with van der Waals surface area (Å²) in [6.07, 6.45) is 12.8. The standard InChI is InChI=1S/C30H52O2/c1-19-9-13-23-27(3,4)25(31)15-17-29(23,7)21(19)11-12-22-20(2)10-14-24-28(5,6)26(32)16-18-30(22,24)8/h9,20-26,31-32H,10-18H2,1-8H3. The first-order chi connectivity index (χ1) is 14.8. The van der Waals surface area contributed by atoms with Crippen molar-refractivity contribution in [2.45, 2.75) is 125 Å². The second-order valence-electron chi connectivity index (χ2n) is 14.3. The Balaban J connectivity index is 1.58. The van der Waals surface area contributed by atoms with E-state index < -0.39 is 0 Å². The molecule has 0 bridgehead atoms. The quantitative estimate of drug-likeness (QED) is 0.446. The highest BCUT2D eigenvalue weighted by atomic mass is 16.3. The van der Waals surface area contributed by atoms with Crippen molar-refractivity contribution in [2.24, 2.45) is 51.2 Å². The summed E-state index contributed by atoms with van der Waals surface area (Å²) in [6.45, 7) is 19.3. The molecule has 184 valence electrons. The topological polar surface area (TPSA) is 40.5 Å². The first-order valence-corrected chi connectivity index (χ1v) is 13.8. The van der Waals surface area contributed by atoms with E-state index in [1.165, 1.54) is 32.1 Å². The van der Waals surface area contributed by atoms with E-state index in [2.05, 4.69) is 61.5 Å². The van der Waals surface area contributed by atoms with E-state index in [1.807, 2.05) is 0 Å². The third-order valence-corrected chi connectivity index (χ3v) is 12.3. The Hall–Kier alpha value is -0.340. The lowest BCUT2D eigenvalue weighted by Crippen LogP contribution is -2.56. The van der Waals surface area contributed by atoms with Crippen LogP contribution in [0.3, 0.4) is 0 Å². The number of aliphatic hydroxyl groups excluding tert-OH is 2. The van der Waals surface area contributed by atoms with E-state index in [4.69, 9.17) is 0 Å². The lowest BCUT2D eigenvalue weighted by atomic mass is 9.44. The molecular weight excluding hydrogens is 392 g/mol. The maximum atomic E-state index is 10.8. The van der Waals surface area contributed by atoms with Crippen LogP contribution in [0.5, 0.6) is 0 Å². The number of hydrogen-bond donors (Lipinski definition) is 2. The highest BCUT2D eigenvalue weighted by molar-refractivity contribution is 5.19. The molecule has 2 nitrogen and oxygen atoms in total. The Morgan fingerprint density at radius 3 is 1.97 bits per heavy atom. The van der Waals surface area contributed by atoms with Crippen molar-refractivity contribution < 1.29 is 10.2 Å². The first kappa shape index (κ1) is 24.8. The summed E-state index contributed by atoms with van der Waals surface area (Å²) in [5, 5.41) is 21.6. The Morgan fingerprint density at radius 2 is 1.34 bits per heavy atom. The van der Waals surface area contributed by atoms with Gasteiger partial charge in [-0.05, 0) is 110 Å². The second-order valence-corrected chi connectivity index (χ2v) is 14.3. The fourth-order valence-corrected chi connectivity index (χ4v) is 10.1. The number of hydrogen-bond acceptors (Lipinski definition) is 2. The number of aliphatic hydroxyl groups is 2. The molecule has 9 unspecified atom stereocenters.